The summed E-state index contributed by atoms with van der Waals surface area (Å²) < 4.78 is 60.0. The van der Waals surface area contributed by atoms with Gasteiger partial charge in [-0.3, -0.25) is 9.59 Å². The second-order valence-electron chi connectivity index (χ2n) is 21.7. The lowest BCUT2D eigenvalue weighted by molar-refractivity contribution is -0.397. The molecule has 6 heterocycles. The van der Waals surface area contributed by atoms with Gasteiger partial charge in [-0.05, 0) is 96.0 Å². The summed E-state index contributed by atoms with van der Waals surface area (Å²) in [6, 6.07) is -2.75. The molecule has 17 nitrogen and oxygen atoms in total. The molecule has 0 aromatic carbocycles. The second-order valence-corrected chi connectivity index (χ2v) is 23.6. The predicted molar refractivity (Wildman–Crippen MR) is 241 cm³/mol. The van der Waals surface area contributed by atoms with E-state index in [2.05, 4.69) is 12.2 Å². The predicted octanol–water partition coefficient (Wildman–Crippen LogP) is 5.75. The van der Waals surface area contributed by atoms with E-state index in [0.717, 1.165) is 17.6 Å². The highest BCUT2D eigenvalue weighted by atomic mass is 32.2. The molecule has 4 amide bonds. The van der Waals surface area contributed by atoms with Crippen molar-refractivity contribution in [1.82, 2.24) is 14.5 Å². The lowest BCUT2D eigenvalue weighted by atomic mass is 9.72. The molecule has 7 aliphatic rings. The number of ether oxygens (including phenoxy) is 5. The summed E-state index contributed by atoms with van der Waals surface area (Å²) in [7, 11) is -3.91. The minimum atomic E-state index is -3.91. The van der Waals surface area contributed by atoms with Gasteiger partial charge in [-0.15, -0.1) is 0 Å². The Labute approximate surface area is 391 Å². The van der Waals surface area contributed by atoms with Crippen LogP contribution in [0.4, 0.5) is 9.59 Å². The highest BCUT2D eigenvalue weighted by Gasteiger charge is 2.74. The zero-order chi connectivity index (χ0) is 48.7. The topological polar surface area (TPSA) is 228 Å². The van der Waals surface area contributed by atoms with E-state index in [1.54, 1.807) is 19.1 Å². The van der Waals surface area contributed by atoms with Crippen molar-refractivity contribution < 1.29 is 66.6 Å². The minimum absolute atomic E-state index is 0.0634. The molecule has 0 aromatic rings. The number of amides is 4. The van der Waals surface area contributed by atoms with Gasteiger partial charge in [0.15, 0.2) is 11.6 Å². The van der Waals surface area contributed by atoms with E-state index < -0.39 is 116 Å². The molecule has 7 rings (SSSR count). The van der Waals surface area contributed by atoms with Gasteiger partial charge in [-0.2, -0.15) is 0 Å². The Morgan fingerprint density at radius 1 is 0.939 bits per heavy atom. The first-order valence-corrected chi connectivity index (χ1v) is 26.4. The van der Waals surface area contributed by atoms with Crippen molar-refractivity contribution in [1.29, 1.82) is 0 Å². The number of nitrogens with one attached hydrogen (secondary N) is 1. The fraction of sp³-hybridized carbons (Fsp3) is 0.875. The average molecular weight is 952 g/mol. The Hall–Kier alpha value is -2.71. The van der Waals surface area contributed by atoms with Crippen LogP contribution in [0.3, 0.4) is 0 Å². The van der Waals surface area contributed by atoms with Crippen molar-refractivity contribution in [3.8, 4) is 0 Å². The number of rotatable bonds is 13. The van der Waals surface area contributed by atoms with Crippen molar-refractivity contribution in [2.45, 2.75) is 205 Å². The maximum Gasteiger partial charge on any atom is 0.341 e. The number of hydrogen-bond donors (Lipinski definition) is 4. The molecule has 0 bridgehead atoms. The molecule has 6 aliphatic heterocycles. The van der Waals surface area contributed by atoms with Crippen LogP contribution in [0.15, 0.2) is 12.2 Å². The number of sulfonamides is 1. The van der Waals surface area contributed by atoms with Crippen LogP contribution in [-0.4, -0.2) is 141 Å². The van der Waals surface area contributed by atoms with E-state index in [-0.39, 0.29) is 43.0 Å². The van der Waals surface area contributed by atoms with Crippen LogP contribution in [0.5, 0.6) is 0 Å². The lowest BCUT2D eigenvalue weighted by Gasteiger charge is -2.55. The van der Waals surface area contributed by atoms with E-state index >= 15 is 0 Å². The first-order valence-electron chi connectivity index (χ1n) is 24.6. The normalized spacial score (nSPS) is 44.4. The number of aliphatic hydroxyl groups excluding tert-OH is 1. The van der Waals surface area contributed by atoms with Crippen molar-refractivity contribution in [2.75, 3.05) is 19.3 Å². The first-order chi connectivity index (χ1) is 30.7. The Balaban J connectivity index is 1.15. The standard InChI is InChI=1S/C48H77N3O14S/c1-12-32(40(54)55)34-16-15-28(5)46(62-34)26-43(46,9)39(53)30(7)37(52)33(13-2)38-27(4)25-29(6)47(63-38)20-17-35(49-41(56)50-23-24-51(42(50)57)66(11,59)60)48(65-47)22-21-44(10,64-48)36-18-19-45(58,14-3)31(8)61-36/h17,20,27-36,38-39,53,58H,12-16,18-19,21-26H2,1-11H3,(H,49,56)(H,54,55)/t27-,28-,29+,30+,31-,32+,33?,34+,35+,36+,38-,39+,43?,44-,45+,46+,47-,48-/m0/s1. The monoisotopic (exact) mass is 952 g/mol. The Kier molecular flexibility index (Phi) is 13.9. The smallest absolute Gasteiger partial charge is 0.341 e. The number of Topliss-reactive ketones (excluding diaryl/α,β-unsaturated/α-hetero) is 1. The van der Waals surface area contributed by atoms with Gasteiger partial charge in [-0.1, -0.05) is 61.5 Å². The molecule has 2 unspecified atom stereocenters. The van der Waals surface area contributed by atoms with Crippen LogP contribution in [0.2, 0.25) is 0 Å². The molecule has 3 spiro atoms. The molecule has 5 saturated heterocycles. The average Bonchev–Trinajstić information content (AvgIpc) is 3.46. The minimum Gasteiger partial charge on any atom is -0.481 e. The molecule has 6 fully saturated rings. The van der Waals surface area contributed by atoms with E-state index in [9.17, 15) is 42.9 Å². The summed E-state index contributed by atoms with van der Waals surface area (Å²) in [6.45, 7) is 19.0. The summed E-state index contributed by atoms with van der Waals surface area (Å²) in [5, 5.41) is 36.3. The molecule has 0 aromatic heterocycles. The quantitative estimate of drug-likeness (QED) is 0.161. The van der Waals surface area contributed by atoms with Gasteiger partial charge in [0.05, 0.1) is 72.6 Å². The highest BCUT2D eigenvalue weighted by Crippen LogP contribution is 2.68. The molecule has 1 saturated carbocycles. The number of carbonyl (C=O) groups excluding carboxylic acids is 3. The van der Waals surface area contributed by atoms with Gasteiger partial charge < -0.3 is 44.3 Å². The van der Waals surface area contributed by atoms with Crippen LogP contribution < -0.4 is 5.32 Å². The first kappa shape index (κ1) is 51.1. The molecule has 374 valence electrons. The van der Waals surface area contributed by atoms with Crippen LogP contribution >= 0.6 is 0 Å². The van der Waals surface area contributed by atoms with E-state index in [0.29, 0.717) is 62.1 Å². The number of carboxylic acids is 1. The van der Waals surface area contributed by atoms with Gasteiger partial charge in [0, 0.05) is 29.6 Å². The zero-order valence-electron chi connectivity index (χ0n) is 40.9. The summed E-state index contributed by atoms with van der Waals surface area (Å²) in [6.07, 6.45) is 6.88. The number of urea groups is 2. The molecule has 66 heavy (non-hydrogen) atoms. The number of aliphatic hydroxyl groups is 2. The highest BCUT2D eigenvalue weighted by molar-refractivity contribution is 7.88. The molecule has 0 radical (unpaired) electrons. The summed E-state index contributed by atoms with van der Waals surface area (Å²) in [5.74, 6) is -6.46. The van der Waals surface area contributed by atoms with E-state index in [1.165, 1.54) is 0 Å². The number of imide groups is 1. The number of carboxylic acid groups (broad SMARTS) is 1. The summed E-state index contributed by atoms with van der Waals surface area (Å²) in [4.78, 5) is 55.0. The molecule has 1 aliphatic carbocycles. The van der Waals surface area contributed by atoms with Crippen LogP contribution in [-0.2, 0) is 43.3 Å². The molecule has 4 N–H and O–H groups in total. The maximum atomic E-state index is 14.9. The SMILES string of the molecule is CCC(C(=O)[C@@H](C)[C@@H](O)C1(C)C[C@]12O[C@@H]([C@@H](CC)C(=O)O)CC[C@@H]2C)[C@H]1O[C@]2(C=C[C@@H](NC(=O)N3CCN(S(C)(=O)=O)C3=O)[C@]3(CC[C@@](C)([C@H]4CC[C@](O)(CC)[C@H](C)O4)O3)O2)[C@H](C)C[C@@H]1C. The number of carbonyl (C=O) groups is 4. The van der Waals surface area contributed by atoms with Gasteiger partial charge in [0.1, 0.15) is 11.8 Å². The number of hydrogen-bond acceptors (Lipinski definition) is 13. The summed E-state index contributed by atoms with van der Waals surface area (Å²) in [5.41, 5.74) is -3.45. The van der Waals surface area contributed by atoms with Crippen LogP contribution in [0.1, 0.15) is 140 Å². The third kappa shape index (κ3) is 8.46. The Morgan fingerprint density at radius 2 is 1.62 bits per heavy atom. The molecule has 18 heteroatoms. The molecule has 18 atom stereocenters. The third-order valence-corrected chi connectivity index (χ3v) is 18.8. The largest absolute Gasteiger partial charge is 0.481 e. The fourth-order valence-electron chi connectivity index (χ4n) is 13.0. The van der Waals surface area contributed by atoms with Gasteiger partial charge in [-0.25, -0.2) is 27.2 Å². The molecular formula is C48H77N3O14S. The van der Waals surface area contributed by atoms with Crippen molar-refractivity contribution >= 4 is 33.8 Å². The molecular weight excluding hydrogens is 875 g/mol. The Morgan fingerprint density at radius 3 is 2.21 bits per heavy atom. The fourth-order valence-corrected chi connectivity index (χ4v) is 13.8. The second kappa shape index (κ2) is 17.9. The van der Waals surface area contributed by atoms with Crippen molar-refractivity contribution in [2.24, 2.45) is 40.9 Å². The van der Waals surface area contributed by atoms with E-state index in [1.807, 2.05) is 55.4 Å². The summed E-state index contributed by atoms with van der Waals surface area (Å²) >= 11 is 0. The van der Waals surface area contributed by atoms with Crippen molar-refractivity contribution in [3.05, 3.63) is 12.2 Å². The lowest BCUT2D eigenvalue weighted by Crippen LogP contribution is -2.66. The van der Waals surface area contributed by atoms with Crippen molar-refractivity contribution in [3.63, 3.8) is 0 Å². The zero-order valence-corrected chi connectivity index (χ0v) is 41.7. The van der Waals surface area contributed by atoms with Gasteiger partial charge in [0.2, 0.25) is 10.0 Å². The Bertz CT molecular complexity index is 2040. The number of ketones is 1. The van der Waals surface area contributed by atoms with Gasteiger partial charge >= 0.3 is 18.0 Å². The third-order valence-electron chi connectivity index (χ3n) is 17.6. The number of nitrogens with zero attached hydrogens (tertiary/aromatic N) is 2. The number of aliphatic carboxylic acids is 1. The van der Waals surface area contributed by atoms with Crippen LogP contribution in [0, 0.1) is 40.9 Å². The van der Waals surface area contributed by atoms with E-state index in [4.69, 9.17) is 23.7 Å². The van der Waals surface area contributed by atoms with Gasteiger partial charge in [0.25, 0.3) is 0 Å². The van der Waals surface area contributed by atoms with Crippen LogP contribution in [0.25, 0.3) is 0 Å². The maximum absolute atomic E-state index is 14.9.